The van der Waals surface area contributed by atoms with E-state index in [0.717, 1.165) is 11.1 Å². The standard InChI is InChI=1S/C20H22FNO3/c1-3-5-15-8-9-18(19(13-15)24-2)25-14-20(23)22-11-10-16-6-4-7-17(21)12-16/h3-9,12-13H,10-11,14H2,1-2H3,(H,22,23)/b5-3-. The summed E-state index contributed by atoms with van der Waals surface area (Å²) in [5.41, 5.74) is 1.83. The molecule has 132 valence electrons. The van der Waals surface area contributed by atoms with E-state index in [1.165, 1.54) is 12.1 Å². The monoisotopic (exact) mass is 343 g/mol. The number of hydrogen-bond acceptors (Lipinski definition) is 3. The molecule has 0 aromatic heterocycles. The van der Waals surface area contributed by atoms with Crippen LogP contribution in [0, 0.1) is 5.82 Å². The van der Waals surface area contributed by atoms with Gasteiger partial charge in [0.15, 0.2) is 18.1 Å². The van der Waals surface area contributed by atoms with Crippen molar-refractivity contribution in [2.24, 2.45) is 0 Å². The van der Waals surface area contributed by atoms with Gasteiger partial charge in [0.1, 0.15) is 5.82 Å². The van der Waals surface area contributed by atoms with Crippen LogP contribution in [0.15, 0.2) is 48.5 Å². The third-order valence-corrected chi connectivity index (χ3v) is 3.53. The molecule has 0 bridgehead atoms. The second-order valence-electron chi connectivity index (χ2n) is 5.43. The summed E-state index contributed by atoms with van der Waals surface area (Å²) < 4.78 is 23.9. The van der Waals surface area contributed by atoms with Crippen LogP contribution in [-0.2, 0) is 11.2 Å². The van der Waals surface area contributed by atoms with E-state index in [4.69, 9.17) is 9.47 Å². The van der Waals surface area contributed by atoms with E-state index >= 15 is 0 Å². The number of hydrogen-bond donors (Lipinski definition) is 1. The Kier molecular flexibility index (Phi) is 7.01. The first-order chi connectivity index (χ1) is 12.1. The van der Waals surface area contributed by atoms with E-state index in [0.29, 0.717) is 24.5 Å². The fourth-order valence-electron chi connectivity index (χ4n) is 2.33. The van der Waals surface area contributed by atoms with E-state index in [1.54, 1.807) is 19.2 Å². The number of carbonyl (C=O) groups excluding carboxylic acids is 1. The van der Waals surface area contributed by atoms with E-state index in [9.17, 15) is 9.18 Å². The number of nitrogens with one attached hydrogen (secondary N) is 1. The molecule has 0 aliphatic carbocycles. The number of amides is 1. The number of carbonyl (C=O) groups is 1. The highest BCUT2D eigenvalue weighted by Gasteiger charge is 2.08. The second-order valence-corrected chi connectivity index (χ2v) is 5.43. The fourth-order valence-corrected chi connectivity index (χ4v) is 2.33. The summed E-state index contributed by atoms with van der Waals surface area (Å²) in [6.45, 7) is 2.25. The summed E-state index contributed by atoms with van der Waals surface area (Å²) >= 11 is 0. The number of halogens is 1. The molecule has 0 radical (unpaired) electrons. The van der Waals surface area contributed by atoms with Gasteiger partial charge in [-0.05, 0) is 48.7 Å². The van der Waals surface area contributed by atoms with Crippen LogP contribution < -0.4 is 14.8 Å². The van der Waals surface area contributed by atoms with Gasteiger partial charge in [0, 0.05) is 6.54 Å². The highest BCUT2D eigenvalue weighted by atomic mass is 19.1. The predicted octanol–water partition coefficient (Wildman–Crippen LogP) is 3.61. The molecule has 0 unspecified atom stereocenters. The quantitative estimate of drug-likeness (QED) is 0.797. The molecule has 0 spiro atoms. The average molecular weight is 343 g/mol. The lowest BCUT2D eigenvalue weighted by Crippen LogP contribution is -2.30. The molecule has 2 rings (SSSR count). The van der Waals surface area contributed by atoms with Crippen LogP contribution in [0.3, 0.4) is 0 Å². The van der Waals surface area contributed by atoms with Crippen molar-refractivity contribution in [3.05, 3.63) is 65.5 Å². The Labute approximate surface area is 147 Å². The maximum atomic E-state index is 13.1. The number of ether oxygens (including phenoxy) is 2. The van der Waals surface area contributed by atoms with Crippen LogP contribution in [0.5, 0.6) is 11.5 Å². The van der Waals surface area contributed by atoms with Crippen molar-refractivity contribution in [1.82, 2.24) is 5.32 Å². The topological polar surface area (TPSA) is 47.6 Å². The molecule has 1 amide bonds. The molecule has 2 aromatic rings. The van der Waals surface area contributed by atoms with Crippen LogP contribution >= 0.6 is 0 Å². The highest BCUT2D eigenvalue weighted by Crippen LogP contribution is 2.28. The zero-order valence-electron chi connectivity index (χ0n) is 14.4. The van der Waals surface area contributed by atoms with Gasteiger partial charge in [0.25, 0.3) is 5.91 Å². The molecule has 4 nitrogen and oxygen atoms in total. The first-order valence-electron chi connectivity index (χ1n) is 8.07. The summed E-state index contributed by atoms with van der Waals surface area (Å²) in [7, 11) is 1.56. The van der Waals surface area contributed by atoms with Crippen molar-refractivity contribution in [3.8, 4) is 11.5 Å². The number of methoxy groups -OCH3 is 1. The van der Waals surface area contributed by atoms with Crippen molar-refractivity contribution in [2.45, 2.75) is 13.3 Å². The Morgan fingerprint density at radius 1 is 1.20 bits per heavy atom. The molecule has 0 aliphatic heterocycles. The van der Waals surface area contributed by atoms with Crippen LogP contribution in [-0.4, -0.2) is 26.2 Å². The van der Waals surface area contributed by atoms with Gasteiger partial charge >= 0.3 is 0 Å². The Morgan fingerprint density at radius 3 is 2.76 bits per heavy atom. The molecule has 1 N–H and O–H groups in total. The Morgan fingerprint density at radius 2 is 2.04 bits per heavy atom. The smallest absolute Gasteiger partial charge is 0.257 e. The highest BCUT2D eigenvalue weighted by molar-refractivity contribution is 5.77. The third kappa shape index (κ3) is 5.95. The molecule has 0 saturated carbocycles. The van der Waals surface area contributed by atoms with E-state index in [-0.39, 0.29) is 18.3 Å². The van der Waals surface area contributed by atoms with Gasteiger partial charge in [0.2, 0.25) is 0 Å². The molecular formula is C20H22FNO3. The zero-order chi connectivity index (χ0) is 18.1. The molecular weight excluding hydrogens is 321 g/mol. The molecule has 0 heterocycles. The van der Waals surface area contributed by atoms with E-state index < -0.39 is 0 Å². The summed E-state index contributed by atoms with van der Waals surface area (Å²) in [5.74, 6) is 0.566. The van der Waals surface area contributed by atoms with Crippen molar-refractivity contribution in [3.63, 3.8) is 0 Å². The minimum Gasteiger partial charge on any atom is -0.493 e. The maximum Gasteiger partial charge on any atom is 0.257 e. The first kappa shape index (κ1) is 18.5. The van der Waals surface area contributed by atoms with Crippen LogP contribution in [0.25, 0.3) is 6.08 Å². The van der Waals surface area contributed by atoms with E-state index in [2.05, 4.69) is 5.32 Å². The molecule has 0 saturated heterocycles. The van der Waals surface area contributed by atoms with Gasteiger partial charge in [-0.25, -0.2) is 4.39 Å². The van der Waals surface area contributed by atoms with Crippen molar-refractivity contribution < 1.29 is 18.7 Å². The van der Waals surface area contributed by atoms with Crippen LogP contribution in [0.1, 0.15) is 18.1 Å². The van der Waals surface area contributed by atoms with Crippen LogP contribution in [0.2, 0.25) is 0 Å². The predicted molar refractivity (Wildman–Crippen MR) is 96.3 cm³/mol. The third-order valence-electron chi connectivity index (χ3n) is 3.53. The molecule has 5 heteroatoms. The molecule has 25 heavy (non-hydrogen) atoms. The summed E-state index contributed by atoms with van der Waals surface area (Å²) in [6.07, 6.45) is 4.44. The Hall–Kier alpha value is -2.82. The summed E-state index contributed by atoms with van der Waals surface area (Å²) in [6, 6.07) is 11.8. The van der Waals surface area contributed by atoms with Gasteiger partial charge in [-0.1, -0.05) is 30.4 Å². The molecule has 0 fully saturated rings. The van der Waals surface area contributed by atoms with Gasteiger partial charge in [-0.15, -0.1) is 0 Å². The number of benzene rings is 2. The second kappa shape index (κ2) is 9.47. The lowest BCUT2D eigenvalue weighted by atomic mass is 10.1. The first-order valence-corrected chi connectivity index (χ1v) is 8.07. The number of rotatable bonds is 8. The van der Waals surface area contributed by atoms with Crippen molar-refractivity contribution >= 4 is 12.0 Å². The Bertz CT molecular complexity index is 743. The van der Waals surface area contributed by atoms with Crippen molar-refractivity contribution in [1.29, 1.82) is 0 Å². The zero-order valence-corrected chi connectivity index (χ0v) is 14.4. The van der Waals surface area contributed by atoms with Crippen LogP contribution in [0.4, 0.5) is 4.39 Å². The lowest BCUT2D eigenvalue weighted by Gasteiger charge is -2.11. The SMILES string of the molecule is C/C=C\c1ccc(OCC(=O)NCCc2cccc(F)c2)c(OC)c1. The molecule has 0 aliphatic rings. The normalized spacial score (nSPS) is 10.7. The number of allylic oxidation sites excluding steroid dienone is 1. The van der Waals surface area contributed by atoms with Gasteiger partial charge in [-0.3, -0.25) is 4.79 Å². The lowest BCUT2D eigenvalue weighted by molar-refractivity contribution is -0.123. The van der Waals surface area contributed by atoms with Gasteiger partial charge < -0.3 is 14.8 Å². The minimum absolute atomic E-state index is 0.109. The van der Waals surface area contributed by atoms with Gasteiger partial charge in [0.05, 0.1) is 7.11 Å². The maximum absolute atomic E-state index is 13.1. The minimum atomic E-state index is -0.277. The van der Waals surface area contributed by atoms with Gasteiger partial charge in [-0.2, -0.15) is 0 Å². The summed E-state index contributed by atoms with van der Waals surface area (Å²) in [5, 5.41) is 2.75. The fraction of sp³-hybridized carbons (Fsp3) is 0.250. The average Bonchev–Trinajstić information content (AvgIpc) is 2.61. The van der Waals surface area contributed by atoms with E-state index in [1.807, 2.05) is 37.3 Å². The summed E-state index contributed by atoms with van der Waals surface area (Å²) in [4.78, 5) is 11.9. The molecule has 2 aromatic carbocycles. The van der Waals surface area contributed by atoms with Crippen molar-refractivity contribution in [2.75, 3.05) is 20.3 Å². The Balaban J connectivity index is 1.81. The molecule has 0 atom stereocenters. The largest absolute Gasteiger partial charge is 0.493 e.